The number of nitrogens with zero attached hydrogens (tertiary/aromatic N) is 2. The number of alkyl halides is 1. The Labute approximate surface area is 95.6 Å². The van der Waals surface area contributed by atoms with Gasteiger partial charge in [0, 0.05) is 11.8 Å². The summed E-state index contributed by atoms with van der Waals surface area (Å²) >= 11 is 0. The lowest BCUT2D eigenvalue weighted by Gasteiger charge is -2.13. The van der Waals surface area contributed by atoms with Crippen LogP contribution in [0.3, 0.4) is 0 Å². The van der Waals surface area contributed by atoms with E-state index in [1.807, 2.05) is 0 Å². The molecule has 0 unspecified atom stereocenters. The molecule has 0 bridgehead atoms. The zero-order valence-corrected chi connectivity index (χ0v) is 9.04. The molecule has 0 radical (unpaired) electrons. The fourth-order valence-electron chi connectivity index (χ4n) is 2.14. The number of ether oxygens (including phenoxy) is 2. The standard InChI is InChI=1S/C10H11FN2O4/c1-4-3-13-9-7(6(14)5(2-11)16-9)17-10(13)12-8(4)15/h3,5-7,9,14H,2H2,1H3/t5-,6-,7+,9-/m1/s1. The van der Waals surface area contributed by atoms with Crippen molar-refractivity contribution in [3.05, 3.63) is 22.1 Å². The van der Waals surface area contributed by atoms with Crippen molar-refractivity contribution in [2.24, 2.45) is 0 Å². The first kappa shape index (κ1) is 10.7. The fraction of sp³-hybridized carbons (Fsp3) is 0.600. The Morgan fingerprint density at radius 1 is 1.65 bits per heavy atom. The SMILES string of the molecule is Cc1cn2c(nc1=O)O[C@H]1[C@H](O)[C@@H](CF)O[C@H]12. The van der Waals surface area contributed by atoms with E-state index in [-0.39, 0.29) is 11.6 Å². The molecule has 0 saturated carbocycles. The van der Waals surface area contributed by atoms with Crippen LogP contribution >= 0.6 is 0 Å². The van der Waals surface area contributed by atoms with Gasteiger partial charge in [-0.2, -0.15) is 4.98 Å². The van der Waals surface area contributed by atoms with Crippen molar-refractivity contribution in [1.82, 2.24) is 9.55 Å². The largest absolute Gasteiger partial charge is 0.453 e. The molecule has 1 aromatic heterocycles. The van der Waals surface area contributed by atoms with Crippen LogP contribution in [0.1, 0.15) is 11.8 Å². The van der Waals surface area contributed by atoms with Crippen molar-refractivity contribution < 1.29 is 19.0 Å². The normalized spacial score (nSPS) is 34.3. The van der Waals surface area contributed by atoms with Crippen molar-refractivity contribution >= 4 is 0 Å². The molecule has 0 aromatic carbocycles. The molecule has 92 valence electrons. The molecule has 0 aliphatic carbocycles. The van der Waals surface area contributed by atoms with Gasteiger partial charge in [-0.25, -0.2) is 4.39 Å². The smallest absolute Gasteiger partial charge is 0.302 e. The van der Waals surface area contributed by atoms with Gasteiger partial charge in [-0.3, -0.25) is 9.36 Å². The van der Waals surface area contributed by atoms with Gasteiger partial charge in [0.15, 0.2) is 12.3 Å². The Bertz CT molecular complexity index is 518. The number of aryl methyl sites for hydroxylation is 1. The third-order valence-electron chi connectivity index (χ3n) is 3.07. The molecule has 1 aromatic rings. The molecule has 0 spiro atoms. The van der Waals surface area contributed by atoms with Gasteiger partial charge in [-0.05, 0) is 6.92 Å². The highest BCUT2D eigenvalue weighted by Crippen LogP contribution is 2.39. The molecule has 4 atom stereocenters. The topological polar surface area (TPSA) is 73.6 Å². The van der Waals surface area contributed by atoms with Crippen molar-refractivity contribution in [1.29, 1.82) is 0 Å². The Morgan fingerprint density at radius 2 is 2.41 bits per heavy atom. The second-order valence-corrected chi connectivity index (χ2v) is 4.21. The molecule has 7 heteroatoms. The Balaban J connectivity index is 2.02. The van der Waals surface area contributed by atoms with Crippen LogP contribution in [0.2, 0.25) is 0 Å². The van der Waals surface area contributed by atoms with Gasteiger partial charge in [-0.1, -0.05) is 0 Å². The molecule has 1 N–H and O–H groups in total. The van der Waals surface area contributed by atoms with Gasteiger partial charge in [0.25, 0.3) is 5.56 Å². The molecule has 2 aliphatic heterocycles. The van der Waals surface area contributed by atoms with Crippen molar-refractivity contribution in [2.45, 2.75) is 31.5 Å². The summed E-state index contributed by atoms with van der Waals surface area (Å²) in [5, 5.41) is 9.76. The minimum Gasteiger partial charge on any atom is -0.453 e. The van der Waals surface area contributed by atoms with Crippen molar-refractivity contribution in [2.75, 3.05) is 6.67 Å². The van der Waals surface area contributed by atoms with Crippen LogP contribution in [0, 0.1) is 6.92 Å². The number of hydrogen-bond acceptors (Lipinski definition) is 5. The molecular formula is C10H11FN2O4. The van der Waals surface area contributed by atoms with Crippen LogP contribution in [0.15, 0.2) is 11.0 Å². The molecule has 2 aliphatic rings. The Hall–Kier alpha value is -1.47. The van der Waals surface area contributed by atoms with Crippen molar-refractivity contribution in [3.8, 4) is 6.01 Å². The fourth-order valence-corrected chi connectivity index (χ4v) is 2.14. The summed E-state index contributed by atoms with van der Waals surface area (Å²) in [7, 11) is 0. The summed E-state index contributed by atoms with van der Waals surface area (Å²) in [6.07, 6.45) is -1.72. The summed E-state index contributed by atoms with van der Waals surface area (Å²) in [5.74, 6) is 0. The van der Waals surface area contributed by atoms with Gasteiger partial charge in [-0.15, -0.1) is 0 Å². The molecule has 3 heterocycles. The third-order valence-corrected chi connectivity index (χ3v) is 3.07. The first-order valence-electron chi connectivity index (χ1n) is 5.27. The number of hydrogen-bond donors (Lipinski definition) is 1. The molecular weight excluding hydrogens is 231 g/mol. The third kappa shape index (κ3) is 1.39. The van der Waals surface area contributed by atoms with Crippen LogP contribution in [-0.4, -0.2) is 39.6 Å². The predicted molar refractivity (Wildman–Crippen MR) is 53.5 cm³/mol. The highest BCUT2D eigenvalue weighted by atomic mass is 19.1. The first-order chi connectivity index (χ1) is 8.11. The van der Waals surface area contributed by atoms with E-state index in [2.05, 4.69) is 4.98 Å². The number of halogens is 1. The van der Waals surface area contributed by atoms with E-state index in [1.165, 1.54) is 4.57 Å². The monoisotopic (exact) mass is 242 g/mol. The number of rotatable bonds is 1. The first-order valence-corrected chi connectivity index (χ1v) is 5.27. The van der Waals surface area contributed by atoms with Crippen LogP contribution in [0.5, 0.6) is 6.01 Å². The van der Waals surface area contributed by atoms with Crippen molar-refractivity contribution in [3.63, 3.8) is 0 Å². The van der Waals surface area contributed by atoms with Gasteiger partial charge in [0.05, 0.1) is 0 Å². The maximum atomic E-state index is 12.6. The zero-order valence-electron chi connectivity index (χ0n) is 9.04. The highest BCUT2D eigenvalue weighted by Gasteiger charge is 2.51. The number of aliphatic hydroxyl groups excluding tert-OH is 1. The second kappa shape index (κ2) is 3.51. The molecule has 17 heavy (non-hydrogen) atoms. The molecule has 6 nitrogen and oxygen atoms in total. The lowest BCUT2D eigenvalue weighted by atomic mass is 10.1. The van der Waals surface area contributed by atoms with Crippen LogP contribution in [-0.2, 0) is 4.74 Å². The second-order valence-electron chi connectivity index (χ2n) is 4.21. The summed E-state index contributed by atoms with van der Waals surface area (Å²) in [6.45, 7) is 0.841. The lowest BCUT2D eigenvalue weighted by molar-refractivity contribution is -0.0281. The van der Waals surface area contributed by atoms with E-state index in [1.54, 1.807) is 13.1 Å². The number of aliphatic hydroxyl groups is 1. The van der Waals surface area contributed by atoms with E-state index >= 15 is 0 Å². The lowest BCUT2D eigenvalue weighted by Crippen LogP contribution is -2.34. The summed E-state index contributed by atoms with van der Waals surface area (Å²) < 4.78 is 24.7. The number of fused-ring (bicyclic) bond motifs is 3. The number of aromatic nitrogens is 2. The zero-order chi connectivity index (χ0) is 12.2. The molecule has 0 amide bonds. The Morgan fingerprint density at radius 3 is 3.12 bits per heavy atom. The van der Waals surface area contributed by atoms with Gasteiger partial charge in [0.1, 0.15) is 18.9 Å². The van der Waals surface area contributed by atoms with Gasteiger partial charge < -0.3 is 14.6 Å². The minimum atomic E-state index is -1.05. The molecule has 1 saturated heterocycles. The van der Waals surface area contributed by atoms with Gasteiger partial charge >= 0.3 is 6.01 Å². The molecule has 3 rings (SSSR count). The van der Waals surface area contributed by atoms with E-state index < -0.39 is 31.2 Å². The maximum absolute atomic E-state index is 12.6. The average molecular weight is 242 g/mol. The Kier molecular flexibility index (Phi) is 2.20. The minimum absolute atomic E-state index is 0.104. The maximum Gasteiger partial charge on any atom is 0.302 e. The van der Waals surface area contributed by atoms with E-state index in [0.717, 1.165) is 0 Å². The summed E-state index contributed by atoms with van der Waals surface area (Å²) in [5.41, 5.74) is 0.0625. The summed E-state index contributed by atoms with van der Waals surface area (Å²) in [6, 6.07) is 0.104. The predicted octanol–water partition coefficient (Wildman–Crippen LogP) is -0.459. The highest BCUT2D eigenvalue weighted by molar-refractivity contribution is 5.15. The quantitative estimate of drug-likeness (QED) is 0.721. The molecule has 1 fully saturated rings. The van der Waals surface area contributed by atoms with E-state index in [0.29, 0.717) is 5.56 Å². The van der Waals surface area contributed by atoms with Crippen LogP contribution in [0.25, 0.3) is 0 Å². The average Bonchev–Trinajstić information content (AvgIpc) is 2.78. The van der Waals surface area contributed by atoms with Gasteiger partial charge in [0.2, 0.25) is 0 Å². The van der Waals surface area contributed by atoms with E-state index in [9.17, 15) is 14.3 Å². The summed E-state index contributed by atoms with van der Waals surface area (Å²) in [4.78, 5) is 15.1. The van der Waals surface area contributed by atoms with Crippen LogP contribution in [0.4, 0.5) is 4.39 Å². The van der Waals surface area contributed by atoms with E-state index in [4.69, 9.17) is 9.47 Å². The van der Waals surface area contributed by atoms with Crippen LogP contribution < -0.4 is 10.3 Å².